The number of nitrogens with one attached hydrogen (secondary N) is 1. The van der Waals surface area contributed by atoms with E-state index < -0.39 is 0 Å². The molecule has 0 aliphatic rings. The maximum Gasteiger partial charge on any atom is 0.122 e. The second kappa shape index (κ2) is 8.98. The van der Waals surface area contributed by atoms with Crippen LogP contribution in [0.2, 0.25) is 0 Å². The molecular weight excluding hydrogens is 222 g/mol. The van der Waals surface area contributed by atoms with Gasteiger partial charge in [-0.2, -0.15) is 0 Å². The summed E-state index contributed by atoms with van der Waals surface area (Å²) in [6, 6.07) is 8.36. The van der Waals surface area contributed by atoms with Gasteiger partial charge < -0.3 is 10.1 Å². The Bertz CT molecular complexity index is 323. The highest BCUT2D eigenvalue weighted by Gasteiger charge is 2.06. The number of unbranched alkanes of at least 4 members (excludes halogenated alkanes) is 1. The average Bonchev–Trinajstić information content (AvgIpc) is 2.38. The fourth-order valence-electron chi connectivity index (χ4n) is 1.92. The van der Waals surface area contributed by atoms with Crippen LogP contribution in [-0.2, 0) is 0 Å². The van der Waals surface area contributed by atoms with Crippen LogP contribution in [0.5, 0.6) is 5.75 Å². The zero-order chi connectivity index (χ0) is 13.2. The number of benzene rings is 1. The van der Waals surface area contributed by atoms with Gasteiger partial charge >= 0.3 is 0 Å². The SMILES string of the molecule is CCCNCCCCOc1ccccc1C(C)C. The van der Waals surface area contributed by atoms with Crippen molar-refractivity contribution in [1.82, 2.24) is 5.32 Å². The molecule has 102 valence electrons. The summed E-state index contributed by atoms with van der Waals surface area (Å²) in [5, 5.41) is 3.41. The molecule has 18 heavy (non-hydrogen) atoms. The van der Waals surface area contributed by atoms with E-state index in [0.29, 0.717) is 5.92 Å². The highest BCUT2D eigenvalue weighted by molar-refractivity contribution is 5.35. The number of ether oxygens (including phenoxy) is 1. The van der Waals surface area contributed by atoms with E-state index in [1.165, 1.54) is 18.4 Å². The molecule has 0 fully saturated rings. The molecule has 0 unspecified atom stereocenters. The third-order valence-electron chi connectivity index (χ3n) is 2.97. The normalized spacial score (nSPS) is 10.9. The molecule has 0 aliphatic heterocycles. The van der Waals surface area contributed by atoms with Gasteiger partial charge in [-0.25, -0.2) is 0 Å². The summed E-state index contributed by atoms with van der Waals surface area (Å²) in [7, 11) is 0. The first-order valence-corrected chi connectivity index (χ1v) is 7.18. The molecule has 0 heterocycles. The van der Waals surface area contributed by atoms with Crippen LogP contribution < -0.4 is 10.1 Å². The van der Waals surface area contributed by atoms with E-state index in [4.69, 9.17) is 4.74 Å². The molecule has 1 aromatic carbocycles. The van der Waals surface area contributed by atoms with Crippen LogP contribution in [0.4, 0.5) is 0 Å². The second-order valence-corrected chi connectivity index (χ2v) is 5.00. The van der Waals surface area contributed by atoms with Gasteiger partial charge in [0, 0.05) is 0 Å². The topological polar surface area (TPSA) is 21.3 Å². The molecule has 0 saturated heterocycles. The van der Waals surface area contributed by atoms with Crippen molar-refractivity contribution in [3.63, 3.8) is 0 Å². The van der Waals surface area contributed by atoms with Gasteiger partial charge in [-0.15, -0.1) is 0 Å². The van der Waals surface area contributed by atoms with Gasteiger partial charge in [0.05, 0.1) is 6.61 Å². The molecule has 0 bridgehead atoms. The molecule has 0 amide bonds. The smallest absolute Gasteiger partial charge is 0.122 e. The first-order valence-electron chi connectivity index (χ1n) is 7.18. The Morgan fingerprint density at radius 3 is 2.61 bits per heavy atom. The van der Waals surface area contributed by atoms with Crippen LogP contribution in [0.1, 0.15) is 51.5 Å². The van der Waals surface area contributed by atoms with Gasteiger partial charge in [0.2, 0.25) is 0 Å². The number of para-hydroxylation sites is 1. The lowest BCUT2D eigenvalue weighted by molar-refractivity contribution is 0.302. The van der Waals surface area contributed by atoms with Gasteiger partial charge in [-0.3, -0.25) is 0 Å². The Morgan fingerprint density at radius 1 is 1.11 bits per heavy atom. The quantitative estimate of drug-likeness (QED) is 0.669. The molecule has 0 saturated carbocycles. The lowest BCUT2D eigenvalue weighted by Gasteiger charge is -2.13. The zero-order valence-electron chi connectivity index (χ0n) is 12.0. The first-order chi connectivity index (χ1) is 8.75. The third-order valence-corrected chi connectivity index (χ3v) is 2.97. The van der Waals surface area contributed by atoms with Crippen molar-refractivity contribution < 1.29 is 4.74 Å². The maximum atomic E-state index is 5.88. The number of rotatable bonds is 9. The van der Waals surface area contributed by atoms with E-state index in [0.717, 1.165) is 31.9 Å². The van der Waals surface area contributed by atoms with E-state index in [9.17, 15) is 0 Å². The largest absolute Gasteiger partial charge is 0.493 e. The molecule has 0 aliphatic carbocycles. The minimum atomic E-state index is 0.521. The fourth-order valence-corrected chi connectivity index (χ4v) is 1.92. The monoisotopic (exact) mass is 249 g/mol. The van der Waals surface area contributed by atoms with E-state index in [1.54, 1.807) is 0 Å². The Kier molecular flexibility index (Phi) is 7.51. The molecule has 2 nitrogen and oxygen atoms in total. The minimum absolute atomic E-state index is 0.521. The Balaban J connectivity index is 2.23. The Morgan fingerprint density at radius 2 is 1.89 bits per heavy atom. The van der Waals surface area contributed by atoms with Crippen molar-refractivity contribution >= 4 is 0 Å². The molecule has 2 heteroatoms. The lowest BCUT2D eigenvalue weighted by atomic mass is 10.0. The molecule has 1 N–H and O–H groups in total. The summed E-state index contributed by atoms with van der Waals surface area (Å²) in [6.07, 6.45) is 3.51. The molecule has 0 atom stereocenters. The number of hydrogen-bond donors (Lipinski definition) is 1. The Hall–Kier alpha value is -1.02. The predicted molar refractivity (Wildman–Crippen MR) is 78.4 cm³/mol. The van der Waals surface area contributed by atoms with Gasteiger partial charge in [0.1, 0.15) is 5.75 Å². The van der Waals surface area contributed by atoms with Crippen molar-refractivity contribution in [2.75, 3.05) is 19.7 Å². The van der Waals surface area contributed by atoms with E-state index in [-0.39, 0.29) is 0 Å². The van der Waals surface area contributed by atoms with Crippen LogP contribution in [0.3, 0.4) is 0 Å². The highest BCUT2D eigenvalue weighted by atomic mass is 16.5. The third kappa shape index (κ3) is 5.54. The summed E-state index contributed by atoms with van der Waals surface area (Å²) in [5.41, 5.74) is 1.31. The Labute approximate surface area is 112 Å². The fraction of sp³-hybridized carbons (Fsp3) is 0.625. The molecule has 0 radical (unpaired) electrons. The lowest BCUT2D eigenvalue weighted by Crippen LogP contribution is -2.16. The molecule has 0 aromatic heterocycles. The van der Waals surface area contributed by atoms with Gasteiger partial charge in [0.15, 0.2) is 0 Å². The minimum Gasteiger partial charge on any atom is -0.493 e. The van der Waals surface area contributed by atoms with Crippen molar-refractivity contribution in [2.24, 2.45) is 0 Å². The average molecular weight is 249 g/mol. The number of hydrogen-bond acceptors (Lipinski definition) is 2. The van der Waals surface area contributed by atoms with Crippen LogP contribution in [-0.4, -0.2) is 19.7 Å². The van der Waals surface area contributed by atoms with E-state index in [1.807, 2.05) is 6.07 Å². The van der Waals surface area contributed by atoms with Crippen molar-refractivity contribution in [2.45, 2.75) is 46.0 Å². The summed E-state index contributed by atoms with van der Waals surface area (Å²) >= 11 is 0. The summed E-state index contributed by atoms with van der Waals surface area (Å²) in [4.78, 5) is 0. The zero-order valence-corrected chi connectivity index (χ0v) is 12.0. The van der Waals surface area contributed by atoms with Crippen LogP contribution in [0.25, 0.3) is 0 Å². The molecule has 0 spiro atoms. The van der Waals surface area contributed by atoms with Crippen molar-refractivity contribution in [1.29, 1.82) is 0 Å². The van der Waals surface area contributed by atoms with Gasteiger partial charge in [-0.05, 0) is 49.9 Å². The molecule has 1 rings (SSSR count). The van der Waals surface area contributed by atoms with Crippen LogP contribution >= 0.6 is 0 Å². The van der Waals surface area contributed by atoms with Gasteiger partial charge in [-0.1, -0.05) is 39.0 Å². The van der Waals surface area contributed by atoms with Crippen LogP contribution in [0.15, 0.2) is 24.3 Å². The van der Waals surface area contributed by atoms with E-state index >= 15 is 0 Å². The van der Waals surface area contributed by atoms with Gasteiger partial charge in [0.25, 0.3) is 0 Å². The summed E-state index contributed by atoms with van der Waals surface area (Å²) in [5.74, 6) is 1.57. The second-order valence-electron chi connectivity index (χ2n) is 5.00. The van der Waals surface area contributed by atoms with E-state index in [2.05, 4.69) is 44.3 Å². The standard InChI is InChI=1S/C16H27NO/c1-4-11-17-12-7-8-13-18-16-10-6-5-9-15(16)14(2)3/h5-6,9-10,14,17H,4,7-8,11-13H2,1-3H3. The highest BCUT2D eigenvalue weighted by Crippen LogP contribution is 2.25. The maximum absolute atomic E-state index is 5.88. The van der Waals surface area contributed by atoms with Crippen LogP contribution in [0, 0.1) is 0 Å². The molecular formula is C16H27NO. The van der Waals surface area contributed by atoms with Crippen molar-refractivity contribution in [3.8, 4) is 5.75 Å². The molecule has 1 aromatic rings. The summed E-state index contributed by atoms with van der Waals surface area (Å²) < 4.78 is 5.88. The summed E-state index contributed by atoms with van der Waals surface area (Å²) in [6.45, 7) is 9.64. The first kappa shape index (κ1) is 15.0. The van der Waals surface area contributed by atoms with Crippen molar-refractivity contribution in [3.05, 3.63) is 29.8 Å². The predicted octanol–water partition coefficient (Wildman–Crippen LogP) is 3.97.